The maximum Gasteiger partial charge on any atom is 0.226 e. The number of nitriles is 1. The normalized spacial score (nSPS) is 9.77. The molecule has 0 amide bonds. The van der Waals surface area contributed by atoms with E-state index < -0.39 is 0 Å². The van der Waals surface area contributed by atoms with Crippen LogP contribution in [0, 0.1) is 24.8 Å². The summed E-state index contributed by atoms with van der Waals surface area (Å²) in [6.45, 7) is 8.63. The number of nitrogens with zero attached hydrogens (tertiary/aromatic N) is 4. The molecule has 0 radical (unpaired) electrons. The van der Waals surface area contributed by atoms with Gasteiger partial charge in [0.25, 0.3) is 0 Å². The molecule has 5 heteroatoms. The van der Waals surface area contributed by atoms with Gasteiger partial charge in [-0.05, 0) is 6.92 Å². The molecule has 2 aromatic rings. The third-order valence-corrected chi connectivity index (χ3v) is 1.75. The van der Waals surface area contributed by atoms with E-state index in [1.165, 1.54) is 0 Å². The standard InChI is InChI=1S/C8H5N5/c1-5-11-8-6(3-9)7(10-2)4-13(8)12-5/h4H,1H3,(H,11,12). The van der Waals surface area contributed by atoms with Crippen LogP contribution in [-0.2, 0) is 0 Å². The fourth-order valence-corrected chi connectivity index (χ4v) is 1.23. The lowest BCUT2D eigenvalue weighted by Gasteiger charge is -1.79. The highest BCUT2D eigenvalue weighted by Crippen LogP contribution is 2.23. The molecular weight excluding hydrogens is 166 g/mol. The highest BCUT2D eigenvalue weighted by Gasteiger charge is 2.12. The third-order valence-electron chi connectivity index (χ3n) is 1.75. The van der Waals surface area contributed by atoms with Crippen molar-refractivity contribution in [3.63, 3.8) is 0 Å². The van der Waals surface area contributed by atoms with Crippen LogP contribution in [0.3, 0.4) is 0 Å². The second kappa shape index (κ2) is 2.36. The van der Waals surface area contributed by atoms with Crippen molar-refractivity contribution in [3.05, 3.63) is 29.0 Å². The van der Waals surface area contributed by atoms with Crippen LogP contribution in [-0.4, -0.2) is 14.6 Å². The Morgan fingerprint density at radius 3 is 3.15 bits per heavy atom. The quantitative estimate of drug-likeness (QED) is 0.609. The first kappa shape index (κ1) is 7.38. The van der Waals surface area contributed by atoms with E-state index in [2.05, 4.69) is 14.9 Å². The van der Waals surface area contributed by atoms with Crippen molar-refractivity contribution in [2.45, 2.75) is 6.92 Å². The predicted molar refractivity (Wildman–Crippen MR) is 45.3 cm³/mol. The van der Waals surface area contributed by atoms with Crippen molar-refractivity contribution in [2.24, 2.45) is 0 Å². The highest BCUT2D eigenvalue weighted by molar-refractivity contribution is 5.71. The Morgan fingerprint density at radius 2 is 2.54 bits per heavy atom. The summed E-state index contributed by atoms with van der Waals surface area (Å²) in [5.41, 5.74) is 1.19. The van der Waals surface area contributed by atoms with Crippen molar-refractivity contribution in [1.29, 1.82) is 5.26 Å². The van der Waals surface area contributed by atoms with E-state index in [0.717, 1.165) is 5.82 Å². The summed E-state index contributed by atoms with van der Waals surface area (Å²) in [6, 6.07) is 1.97. The van der Waals surface area contributed by atoms with Crippen LogP contribution in [0.15, 0.2) is 6.20 Å². The summed E-state index contributed by atoms with van der Waals surface area (Å²) in [4.78, 5) is 7.32. The zero-order valence-corrected chi connectivity index (χ0v) is 6.87. The van der Waals surface area contributed by atoms with Crippen LogP contribution < -0.4 is 0 Å². The third kappa shape index (κ3) is 0.878. The molecule has 2 rings (SSSR count). The van der Waals surface area contributed by atoms with Crippen molar-refractivity contribution >= 4 is 11.3 Å². The lowest BCUT2D eigenvalue weighted by atomic mass is 10.3. The van der Waals surface area contributed by atoms with Gasteiger partial charge in [-0.2, -0.15) is 5.26 Å². The average molecular weight is 171 g/mol. The van der Waals surface area contributed by atoms with Gasteiger partial charge in [0, 0.05) is 6.20 Å². The zero-order valence-electron chi connectivity index (χ0n) is 6.87. The van der Waals surface area contributed by atoms with Crippen LogP contribution >= 0.6 is 0 Å². The van der Waals surface area contributed by atoms with Gasteiger partial charge >= 0.3 is 0 Å². The topological polar surface area (TPSA) is 61.2 Å². The van der Waals surface area contributed by atoms with Gasteiger partial charge in [0.2, 0.25) is 5.69 Å². The molecule has 62 valence electrons. The lowest BCUT2D eigenvalue weighted by molar-refractivity contribution is 0.942. The summed E-state index contributed by atoms with van der Waals surface area (Å²) in [6.07, 6.45) is 1.57. The molecule has 0 bridgehead atoms. The molecule has 13 heavy (non-hydrogen) atoms. The van der Waals surface area contributed by atoms with Crippen LogP contribution in [0.5, 0.6) is 0 Å². The minimum Gasteiger partial charge on any atom is -0.281 e. The minimum atomic E-state index is 0.333. The molecule has 1 N–H and O–H groups in total. The molecule has 0 atom stereocenters. The predicted octanol–water partition coefficient (Wildman–Crippen LogP) is 1.39. The van der Waals surface area contributed by atoms with Crippen LogP contribution in [0.4, 0.5) is 5.69 Å². The van der Waals surface area contributed by atoms with Crippen LogP contribution in [0.25, 0.3) is 10.5 Å². The SMILES string of the molecule is [C-]#[N+]c1cn2[nH]c(C)nc2c1C#N. The Kier molecular flexibility index (Phi) is 1.34. The number of nitrogens with one attached hydrogen (secondary N) is 1. The van der Waals surface area contributed by atoms with Gasteiger partial charge < -0.3 is 0 Å². The van der Waals surface area contributed by atoms with E-state index >= 15 is 0 Å². The Morgan fingerprint density at radius 1 is 1.77 bits per heavy atom. The molecule has 0 saturated heterocycles. The summed E-state index contributed by atoms with van der Waals surface area (Å²) in [5, 5.41) is 11.7. The minimum absolute atomic E-state index is 0.333. The number of aromatic amines is 1. The highest BCUT2D eigenvalue weighted by atomic mass is 15.3. The summed E-state index contributed by atoms with van der Waals surface area (Å²) in [5.74, 6) is 0.725. The van der Waals surface area contributed by atoms with Crippen molar-refractivity contribution < 1.29 is 0 Å². The Labute approximate surface area is 74.0 Å². The molecule has 0 aliphatic rings. The molecule has 0 unspecified atom stereocenters. The molecule has 0 spiro atoms. The molecule has 0 aromatic carbocycles. The van der Waals surface area contributed by atoms with Crippen LogP contribution in [0.1, 0.15) is 11.4 Å². The molecule has 0 aliphatic carbocycles. The van der Waals surface area contributed by atoms with Gasteiger partial charge in [-0.1, -0.05) is 0 Å². The van der Waals surface area contributed by atoms with E-state index in [1.54, 1.807) is 17.6 Å². The number of aromatic nitrogens is 3. The lowest BCUT2D eigenvalue weighted by Crippen LogP contribution is -1.78. The van der Waals surface area contributed by atoms with Crippen molar-refractivity contribution in [3.8, 4) is 6.07 Å². The summed E-state index contributed by atoms with van der Waals surface area (Å²) in [7, 11) is 0. The summed E-state index contributed by atoms with van der Waals surface area (Å²) < 4.78 is 1.58. The van der Waals surface area contributed by atoms with Crippen molar-refractivity contribution in [2.75, 3.05) is 0 Å². The smallest absolute Gasteiger partial charge is 0.226 e. The fraction of sp³-hybridized carbons (Fsp3) is 0.125. The fourth-order valence-electron chi connectivity index (χ4n) is 1.23. The van der Waals surface area contributed by atoms with Gasteiger partial charge in [0.05, 0.1) is 12.6 Å². The first-order chi connectivity index (χ1) is 6.26. The van der Waals surface area contributed by atoms with Crippen molar-refractivity contribution in [1.82, 2.24) is 14.6 Å². The van der Waals surface area contributed by atoms with Gasteiger partial charge in [0.1, 0.15) is 11.4 Å². The molecule has 0 aliphatic heterocycles. The Hall–Kier alpha value is -2.27. The number of H-pyrrole nitrogens is 1. The molecule has 0 fully saturated rings. The van der Waals surface area contributed by atoms with E-state index in [0.29, 0.717) is 16.9 Å². The molecule has 2 heterocycles. The van der Waals surface area contributed by atoms with E-state index in [9.17, 15) is 0 Å². The second-order valence-corrected chi connectivity index (χ2v) is 2.62. The largest absolute Gasteiger partial charge is 0.281 e. The second-order valence-electron chi connectivity index (χ2n) is 2.62. The maximum atomic E-state index is 8.79. The number of rotatable bonds is 0. The molecule has 5 nitrogen and oxygen atoms in total. The van der Waals surface area contributed by atoms with Gasteiger partial charge in [-0.3, -0.25) is 9.61 Å². The Balaban J connectivity index is 2.89. The Bertz CT molecular complexity index is 545. The van der Waals surface area contributed by atoms with E-state index in [4.69, 9.17) is 11.8 Å². The van der Waals surface area contributed by atoms with Gasteiger partial charge in [-0.25, -0.2) is 9.83 Å². The number of fused-ring (bicyclic) bond motifs is 1. The summed E-state index contributed by atoms with van der Waals surface area (Å²) >= 11 is 0. The number of hydrogen-bond donors (Lipinski definition) is 1. The molecule has 0 saturated carbocycles. The van der Waals surface area contributed by atoms with Crippen LogP contribution in [0.2, 0.25) is 0 Å². The monoisotopic (exact) mass is 171 g/mol. The first-order valence-corrected chi connectivity index (χ1v) is 3.61. The molecular formula is C8H5N5. The zero-order chi connectivity index (χ0) is 9.42. The maximum absolute atomic E-state index is 8.79. The molecule has 2 aromatic heterocycles. The van der Waals surface area contributed by atoms with E-state index in [1.807, 2.05) is 6.07 Å². The first-order valence-electron chi connectivity index (χ1n) is 3.61. The van der Waals surface area contributed by atoms with Gasteiger partial charge in [-0.15, -0.1) is 0 Å². The number of aryl methyl sites for hydroxylation is 1. The van der Waals surface area contributed by atoms with E-state index in [-0.39, 0.29) is 0 Å². The number of hydrogen-bond acceptors (Lipinski definition) is 2. The van der Waals surface area contributed by atoms with Gasteiger partial charge in [0.15, 0.2) is 5.65 Å². The average Bonchev–Trinajstić information content (AvgIpc) is 2.59.